The lowest BCUT2D eigenvalue weighted by Crippen LogP contribution is -2.15. The third kappa shape index (κ3) is 5.91. The minimum atomic E-state index is 0.238. The molecular formula is C19H28N4O. The highest BCUT2D eigenvalue weighted by molar-refractivity contribution is 6.36. The molecule has 0 spiro atoms. The second kappa shape index (κ2) is 10.3. The van der Waals surface area contributed by atoms with Crippen molar-refractivity contribution < 1.29 is 4.74 Å². The van der Waals surface area contributed by atoms with Gasteiger partial charge >= 0.3 is 0 Å². The molecule has 1 atom stereocenters. The maximum absolute atomic E-state index is 8.27. The number of nitrogens with zero attached hydrogens (tertiary/aromatic N) is 1. The molecule has 0 aromatic heterocycles. The molecule has 1 aromatic rings. The molecule has 0 heterocycles. The van der Waals surface area contributed by atoms with Crippen LogP contribution in [0.25, 0.3) is 0 Å². The molecule has 1 unspecified atom stereocenters. The SMILES string of the molecule is C=CN/N=C\C(=N)C(CC(C)c1ccc(OC)cc1)=C(N)CCC. The van der Waals surface area contributed by atoms with Crippen molar-refractivity contribution in [3.63, 3.8) is 0 Å². The first-order valence-corrected chi connectivity index (χ1v) is 8.13. The fourth-order valence-corrected chi connectivity index (χ4v) is 2.42. The lowest BCUT2D eigenvalue weighted by atomic mass is 9.90. The normalized spacial score (nSPS) is 13.3. The zero-order chi connectivity index (χ0) is 17.9. The highest BCUT2D eigenvalue weighted by Gasteiger charge is 2.14. The Morgan fingerprint density at radius 1 is 1.42 bits per heavy atom. The standard InChI is InChI=1S/C19H28N4O/c1-5-7-18(20)17(19(21)13-23-22-6-2)12-14(3)15-8-10-16(24-4)11-9-15/h6,8-11,13-14,21-22H,2,5,7,12,20H2,1,3-4H3/b18-17?,21-19?,23-13-. The molecule has 4 N–H and O–H groups in total. The zero-order valence-electron chi connectivity index (χ0n) is 14.8. The molecule has 5 heteroatoms. The summed E-state index contributed by atoms with van der Waals surface area (Å²) in [6.07, 6.45) is 5.34. The van der Waals surface area contributed by atoms with Crippen LogP contribution in [0.3, 0.4) is 0 Å². The van der Waals surface area contributed by atoms with Gasteiger partial charge in [0.05, 0.1) is 19.0 Å². The second-order valence-electron chi connectivity index (χ2n) is 5.64. The predicted molar refractivity (Wildman–Crippen MR) is 102 cm³/mol. The van der Waals surface area contributed by atoms with Crippen LogP contribution in [0.15, 0.2) is 53.4 Å². The van der Waals surface area contributed by atoms with E-state index in [0.29, 0.717) is 12.1 Å². The average molecular weight is 328 g/mol. The highest BCUT2D eigenvalue weighted by atomic mass is 16.5. The number of rotatable bonds is 10. The molecule has 1 aromatic carbocycles. The number of hydrogen-bond donors (Lipinski definition) is 3. The first-order valence-electron chi connectivity index (χ1n) is 8.13. The quantitative estimate of drug-likeness (QED) is 0.449. The topological polar surface area (TPSA) is 83.5 Å². The molecule has 0 amide bonds. The van der Waals surface area contributed by atoms with E-state index in [1.54, 1.807) is 7.11 Å². The van der Waals surface area contributed by atoms with Gasteiger partial charge in [-0.2, -0.15) is 5.10 Å². The molecule has 0 aliphatic heterocycles. The summed E-state index contributed by atoms with van der Waals surface area (Å²) in [5, 5.41) is 12.2. The number of nitrogens with two attached hydrogens (primary N) is 1. The number of allylic oxidation sites excluding steroid dienone is 2. The average Bonchev–Trinajstić information content (AvgIpc) is 2.59. The maximum Gasteiger partial charge on any atom is 0.118 e. The monoisotopic (exact) mass is 328 g/mol. The Labute approximate surface area is 144 Å². The van der Waals surface area contributed by atoms with Crippen LogP contribution in [0.5, 0.6) is 5.75 Å². The van der Waals surface area contributed by atoms with Crippen molar-refractivity contribution in [1.29, 1.82) is 5.41 Å². The van der Waals surface area contributed by atoms with Crippen LogP contribution >= 0.6 is 0 Å². The Balaban J connectivity index is 2.96. The van der Waals surface area contributed by atoms with Gasteiger partial charge in [-0.05, 0) is 42.0 Å². The lowest BCUT2D eigenvalue weighted by molar-refractivity contribution is 0.414. The summed E-state index contributed by atoms with van der Waals surface area (Å²) in [4.78, 5) is 0. The van der Waals surface area contributed by atoms with Gasteiger partial charge < -0.3 is 10.5 Å². The summed E-state index contributed by atoms with van der Waals surface area (Å²) in [6.45, 7) is 7.74. The molecular weight excluding hydrogens is 300 g/mol. The molecule has 0 aliphatic carbocycles. The van der Waals surface area contributed by atoms with Crippen LogP contribution in [0.4, 0.5) is 0 Å². The number of ether oxygens (including phenoxy) is 1. The molecule has 1 rings (SSSR count). The van der Waals surface area contributed by atoms with Gasteiger partial charge in [-0.25, -0.2) is 0 Å². The van der Waals surface area contributed by atoms with Crippen molar-refractivity contribution in [2.45, 2.75) is 39.0 Å². The van der Waals surface area contributed by atoms with Crippen molar-refractivity contribution in [1.82, 2.24) is 5.43 Å². The van der Waals surface area contributed by atoms with E-state index >= 15 is 0 Å². The highest BCUT2D eigenvalue weighted by Crippen LogP contribution is 2.26. The minimum Gasteiger partial charge on any atom is -0.497 e. The Morgan fingerprint density at radius 3 is 2.62 bits per heavy atom. The molecule has 0 bridgehead atoms. The van der Waals surface area contributed by atoms with Crippen molar-refractivity contribution in [3.8, 4) is 5.75 Å². The summed E-state index contributed by atoms with van der Waals surface area (Å²) < 4.78 is 5.20. The van der Waals surface area contributed by atoms with Gasteiger partial charge in [-0.3, -0.25) is 10.8 Å². The summed E-state index contributed by atoms with van der Waals surface area (Å²) in [7, 11) is 1.66. The van der Waals surface area contributed by atoms with Gasteiger partial charge in [0, 0.05) is 11.9 Å². The molecule has 0 fully saturated rings. The van der Waals surface area contributed by atoms with E-state index in [4.69, 9.17) is 15.9 Å². The molecule has 0 saturated heterocycles. The summed E-state index contributed by atoms with van der Waals surface area (Å²) in [5.41, 5.74) is 12.0. The van der Waals surface area contributed by atoms with Crippen LogP contribution in [-0.4, -0.2) is 19.0 Å². The lowest BCUT2D eigenvalue weighted by Gasteiger charge is -2.17. The van der Waals surface area contributed by atoms with E-state index in [0.717, 1.165) is 29.9 Å². The number of benzene rings is 1. The fourth-order valence-electron chi connectivity index (χ4n) is 2.42. The van der Waals surface area contributed by atoms with Crippen molar-refractivity contribution in [3.05, 3.63) is 53.9 Å². The molecule has 0 saturated carbocycles. The Bertz CT molecular complexity index is 602. The third-order valence-electron chi connectivity index (χ3n) is 3.79. The van der Waals surface area contributed by atoms with E-state index in [1.165, 1.54) is 18.0 Å². The van der Waals surface area contributed by atoms with Gasteiger partial charge in [0.1, 0.15) is 5.75 Å². The Hall–Kier alpha value is -2.56. The van der Waals surface area contributed by atoms with E-state index < -0.39 is 0 Å². The van der Waals surface area contributed by atoms with Gasteiger partial charge in [0.2, 0.25) is 0 Å². The van der Waals surface area contributed by atoms with Gasteiger partial charge in [0.15, 0.2) is 0 Å². The van der Waals surface area contributed by atoms with E-state index in [2.05, 4.69) is 31.0 Å². The van der Waals surface area contributed by atoms with E-state index in [-0.39, 0.29) is 5.92 Å². The summed E-state index contributed by atoms with van der Waals surface area (Å²) in [5.74, 6) is 1.07. The van der Waals surface area contributed by atoms with Gasteiger partial charge in [-0.1, -0.05) is 39.0 Å². The van der Waals surface area contributed by atoms with Crippen molar-refractivity contribution in [2.24, 2.45) is 10.8 Å². The molecule has 24 heavy (non-hydrogen) atoms. The number of hydrazone groups is 1. The van der Waals surface area contributed by atoms with E-state index in [1.807, 2.05) is 24.3 Å². The first-order chi connectivity index (χ1) is 11.5. The molecule has 0 radical (unpaired) electrons. The fraction of sp³-hybridized carbons (Fsp3) is 0.368. The largest absolute Gasteiger partial charge is 0.497 e. The Kier molecular flexibility index (Phi) is 8.33. The molecule has 5 nitrogen and oxygen atoms in total. The second-order valence-corrected chi connectivity index (χ2v) is 5.64. The predicted octanol–water partition coefficient (Wildman–Crippen LogP) is 3.94. The Morgan fingerprint density at radius 2 is 2.08 bits per heavy atom. The van der Waals surface area contributed by atoms with Crippen LogP contribution in [0, 0.1) is 5.41 Å². The molecule has 130 valence electrons. The van der Waals surface area contributed by atoms with Gasteiger partial charge in [-0.15, -0.1) is 0 Å². The van der Waals surface area contributed by atoms with Crippen LogP contribution < -0.4 is 15.9 Å². The van der Waals surface area contributed by atoms with Crippen molar-refractivity contribution >= 4 is 11.9 Å². The van der Waals surface area contributed by atoms with Crippen LogP contribution in [0.2, 0.25) is 0 Å². The van der Waals surface area contributed by atoms with E-state index in [9.17, 15) is 0 Å². The third-order valence-corrected chi connectivity index (χ3v) is 3.79. The number of methoxy groups -OCH3 is 1. The van der Waals surface area contributed by atoms with Crippen LogP contribution in [-0.2, 0) is 0 Å². The zero-order valence-corrected chi connectivity index (χ0v) is 14.8. The maximum atomic E-state index is 8.27. The molecule has 0 aliphatic rings. The minimum absolute atomic E-state index is 0.238. The van der Waals surface area contributed by atoms with Gasteiger partial charge in [0.25, 0.3) is 0 Å². The first kappa shape index (κ1) is 19.5. The smallest absolute Gasteiger partial charge is 0.118 e. The summed E-state index contributed by atoms with van der Waals surface area (Å²) >= 11 is 0. The summed E-state index contributed by atoms with van der Waals surface area (Å²) in [6, 6.07) is 8.00. The number of hydrogen-bond acceptors (Lipinski definition) is 5. The van der Waals surface area contributed by atoms with Crippen LogP contribution in [0.1, 0.15) is 44.6 Å². The van der Waals surface area contributed by atoms with Crippen molar-refractivity contribution in [2.75, 3.05) is 7.11 Å². The number of nitrogens with one attached hydrogen (secondary N) is 2.